The Kier molecular flexibility index (Phi) is 5.09. The number of piperidine rings is 1. The predicted octanol–water partition coefficient (Wildman–Crippen LogP) is 2.67. The van der Waals surface area contributed by atoms with Gasteiger partial charge in [-0.3, -0.25) is 4.90 Å². The fraction of sp³-hybridized carbons (Fsp3) is 0.647. The third-order valence-corrected chi connectivity index (χ3v) is 4.47. The summed E-state index contributed by atoms with van der Waals surface area (Å²) in [4.78, 5) is 2.46. The third kappa shape index (κ3) is 4.97. The SMILES string of the molecule is Fc1ccc(OCCN2CCC(NCC3CC3)CC2)cc1. The van der Waals surface area contributed by atoms with E-state index in [2.05, 4.69) is 10.2 Å². The number of ether oxygens (including phenoxy) is 1. The first-order chi connectivity index (χ1) is 10.3. The van der Waals surface area contributed by atoms with E-state index in [4.69, 9.17) is 4.74 Å². The lowest BCUT2D eigenvalue weighted by molar-refractivity contribution is 0.164. The minimum absolute atomic E-state index is 0.219. The number of nitrogens with one attached hydrogen (secondary N) is 1. The average Bonchev–Trinajstić information content (AvgIpc) is 3.33. The van der Waals surface area contributed by atoms with E-state index in [9.17, 15) is 4.39 Å². The number of benzene rings is 1. The molecule has 1 heterocycles. The lowest BCUT2D eigenvalue weighted by Gasteiger charge is -2.32. The zero-order valence-electron chi connectivity index (χ0n) is 12.6. The molecular formula is C17H25FN2O. The van der Waals surface area contributed by atoms with Gasteiger partial charge in [-0.25, -0.2) is 4.39 Å². The molecule has 4 heteroatoms. The monoisotopic (exact) mass is 292 g/mol. The number of likely N-dealkylation sites (tertiary alicyclic amines) is 1. The van der Waals surface area contributed by atoms with Crippen LogP contribution in [-0.2, 0) is 0 Å². The molecule has 1 aliphatic heterocycles. The Balaban J connectivity index is 1.29. The number of rotatable bonds is 7. The Morgan fingerprint density at radius 2 is 1.81 bits per heavy atom. The number of nitrogens with zero attached hydrogens (tertiary/aromatic N) is 1. The van der Waals surface area contributed by atoms with Crippen molar-refractivity contribution >= 4 is 0 Å². The Bertz CT molecular complexity index is 425. The van der Waals surface area contributed by atoms with Crippen LogP contribution in [0.15, 0.2) is 24.3 Å². The summed E-state index contributed by atoms with van der Waals surface area (Å²) in [7, 11) is 0. The van der Waals surface area contributed by atoms with Crippen molar-refractivity contribution in [2.45, 2.75) is 31.7 Å². The second kappa shape index (κ2) is 7.23. The van der Waals surface area contributed by atoms with Crippen molar-refractivity contribution in [1.29, 1.82) is 0 Å². The quantitative estimate of drug-likeness (QED) is 0.836. The van der Waals surface area contributed by atoms with Crippen LogP contribution in [0.1, 0.15) is 25.7 Å². The van der Waals surface area contributed by atoms with E-state index in [1.54, 1.807) is 12.1 Å². The van der Waals surface area contributed by atoms with Crippen molar-refractivity contribution in [2.75, 3.05) is 32.8 Å². The van der Waals surface area contributed by atoms with Crippen molar-refractivity contribution < 1.29 is 9.13 Å². The summed E-state index contributed by atoms with van der Waals surface area (Å²) in [6, 6.07) is 6.95. The minimum atomic E-state index is -0.219. The molecule has 2 aliphatic rings. The van der Waals surface area contributed by atoms with E-state index in [-0.39, 0.29) is 5.82 Å². The summed E-state index contributed by atoms with van der Waals surface area (Å²) in [5, 5.41) is 3.70. The molecule has 0 atom stereocenters. The highest BCUT2D eigenvalue weighted by Gasteiger charge is 2.24. The molecule has 0 bridgehead atoms. The first kappa shape index (κ1) is 14.8. The van der Waals surface area contributed by atoms with Gasteiger partial charge in [0.25, 0.3) is 0 Å². The van der Waals surface area contributed by atoms with Crippen molar-refractivity contribution in [3.63, 3.8) is 0 Å². The third-order valence-electron chi connectivity index (χ3n) is 4.47. The van der Waals surface area contributed by atoms with E-state index in [0.717, 1.165) is 31.3 Å². The predicted molar refractivity (Wildman–Crippen MR) is 82.1 cm³/mol. The fourth-order valence-electron chi connectivity index (χ4n) is 2.84. The van der Waals surface area contributed by atoms with Gasteiger partial charge in [0, 0.05) is 12.6 Å². The highest BCUT2D eigenvalue weighted by atomic mass is 19.1. The Morgan fingerprint density at radius 1 is 1.10 bits per heavy atom. The van der Waals surface area contributed by atoms with Crippen molar-refractivity contribution in [3.8, 4) is 5.75 Å². The van der Waals surface area contributed by atoms with Gasteiger partial charge in [-0.05, 0) is 75.5 Å². The molecule has 0 radical (unpaired) electrons. The zero-order valence-corrected chi connectivity index (χ0v) is 12.6. The molecule has 3 rings (SSSR count). The smallest absolute Gasteiger partial charge is 0.123 e. The van der Waals surface area contributed by atoms with Gasteiger partial charge in [-0.1, -0.05) is 0 Å². The molecule has 1 aromatic rings. The summed E-state index contributed by atoms with van der Waals surface area (Å²) >= 11 is 0. The molecule has 21 heavy (non-hydrogen) atoms. The first-order valence-corrected chi connectivity index (χ1v) is 8.14. The number of hydrogen-bond donors (Lipinski definition) is 1. The average molecular weight is 292 g/mol. The summed E-state index contributed by atoms with van der Waals surface area (Å²) in [6.45, 7) is 5.14. The van der Waals surface area contributed by atoms with Crippen LogP contribution in [-0.4, -0.2) is 43.7 Å². The van der Waals surface area contributed by atoms with Gasteiger partial charge in [-0.2, -0.15) is 0 Å². The molecular weight excluding hydrogens is 267 g/mol. The van der Waals surface area contributed by atoms with E-state index in [1.807, 2.05) is 0 Å². The van der Waals surface area contributed by atoms with Gasteiger partial charge in [0.15, 0.2) is 0 Å². The molecule has 1 saturated heterocycles. The normalized spacial score (nSPS) is 20.6. The fourth-order valence-corrected chi connectivity index (χ4v) is 2.84. The number of hydrogen-bond acceptors (Lipinski definition) is 3. The minimum Gasteiger partial charge on any atom is -0.492 e. The molecule has 2 fully saturated rings. The number of halogens is 1. The van der Waals surface area contributed by atoms with Crippen LogP contribution in [0, 0.1) is 11.7 Å². The Labute approximate surface area is 126 Å². The largest absolute Gasteiger partial charge is 0.492 e. The van der Waals surface area contributed by atoms with Gasteiger partial charge in [-0.15, -0.1) is 0 Å². The molecule has 116 valence electrons. The molecule has 1 N–H and O–H groups in total. The highest BCUT2D eigenvalue weighted by Crippen LogP contribution is 2.28. The summed E-state index contributed by atoms with van der Waals surface area (Å²) in [6.07, 6.45) is 5.33. The zero-order chi connectivity index (χ0) is 14.5. The highest BCUT2D eigenvalue weighted by molar-refractivity contribution is 5.21. The van der Waals surface area contributed by atoms with E-state index in [0.29, 0.717) is 12.6 Å². The Hall–Kier alpha value is -1.13. The van der Waals surface area contributed by atoms with Crippen LogP contribution in [0.25, 0.3) is 0 Å². The first-order valence-electron chi connectivity index (χ1n) is 8.14. The van der Waals surface area contributed by atoms with E-state index < -0.39 is 0 Å². The molecule has 3 nitrogen and oxygen atoms in total. The van der Waals surface area contributed by atoms with E-state index in [1.165, 1.54) is 44.4 Å². The van der Waals surface area contributed by atoms with Crippen molar-refractivity contribution in [1.82, 2.24) is 10.2 Å². The molecule has 0 aromatic heterocycles. The van der Waals surface area contributed by atoms with E-state index >= 15 is 0 Å². The van der Waals surface area contributed by atoms with Crippen LogP contribution in [0.4, 0.5) is 4.39 Å². The maximum atomic E-state index is 12.8. The Morgan fingerprint density at radius 3 is 2.48 bits per heavy atom. The lowest BCUT2D eigenvalue weighted by Crippen LogP contribution is -2.44. The molecule has 0 spiro atoms. The van der Waals surface area contributed by atoms with Gasteiger partial charge in [0.05, 0.1) is 0 Å². The van der Waals surface area contributed by atoms with Crippen LogP contribution < -0.4 is 10.1 Å². The summed E-state index contributed by atoms with van der Waals surface area (Å²) in [5.41, 5.74) is 0. The molecule has 1 saturated carbocycles. The topological polar surface area (TPSA) is 24.5 Å². The van der Waals surface area contributed by atoms with Gasteiger partial charge in [0.2, 0.25) is 0 Å². The molecule has 0 unspecified atom stereocenters. The molecule has 0 amide bonds. The summed E-state index contributed by atoms with van der Waals surface area (Å²) in [5.74, 6) is 1.49. The van der Waals surface area contributed by atoms with Crippen LogP contribution >= 0.6 is 0 Å². The van der Waals surface area contributed by atoms with Gasteiger partial charge in [0.1, 0.15) is 18.2 Å². The van der Waals surface area contributed by atoms with Crippen molar-refractivity contribution in [3.05, 3.63) is 30.1 Å². The molecule has 1 aliphatic carbocycles. The standard InChI is InChI=1S/C17H25FN2O/c18-15-3-5-17(6-4-15)21-12-11-20-9-7-16(8-10-20)19-13-14-1-2-14/h3-6,14,16,19H,1-2,7-13H2. The van der Waals surface area contributed by atoms with Crippen LogP contribution in [0.5, 0.6) is 5.75 Å². The maximum absolute atomic E-state index is 12.8. The maximum Gasteiger partial charge on any atom is 0.123 e. The molecule has 1 aromatic carbocycles. The second-order valence-corrected chi connectivity index (χ2v) is 6.27. The van der Waals surface area contributed by atoms with Crippen LogP contribution in [0.3, 0.4) is 0 Å². The van der Waals surface area contributed by atoms with Crippen LogP contribution in [0.2, 0.25) is 0 Å². The summed E-state index contributed by atoms with van der Waals surface area (Å²) < 4.78 is 18.4. The van der Waals surface area contributed by atoms with Gasteiger partial charge < -0.3 is 10.1 Å². The van der Waals surface area contributed by atoms with Crippen molar-refractivity contribution in [2.24, 2.45) is 5.92 Å². The lowest BCUT2D eigenvalue weighted by atomic mass is 10.0. The second-order valence-electron chi connectivity index (χ2n) is 6.27. The van der Waals surface area contributed by atoms with Gasteiger partial charge >= 0.3 is 0 Å².